The summed E-state index contributed by atoms with van der Waals surface area (Å²) in [5.41, 5.74) is 6.18. The van der Waals surface area contributed by atoms with Gasteiger partial charge in [-0.3, -0.25) is 4.90 Å². The van der Waals surface area contributed by atoms with Crippen LogP contribution in [0, 0.1) is 5.92 Å². The highest BCUT2D eigenvalue weighted by Crippen LogP contribution is 2.36. The summed E-state index contributed by atoms with van der Waals surface area (Å²) in [7, 11) is 0. The molecular weight excluding hydrogens is 200 g/mol. The van der Waals surface area contributed by atoms with Gasteiger partial charge in [-0.25, -0.2) is 0 Å². The Balaban J connectivity index is 2.63. The van der Waals surface area contributed by atoms with Gasteiger partial charge in [0, 0.05) is 18.6 Å². The van der Waals surface area contributed by atoms with E-state index in [4.69, 9.17) is 10.8 Å². The molecule has 0 bridgehead atoms. The quantitative estimate of drug-likeness (QED) is 0.726. The minimum atomic E-state index is 0.170. The second kappa shape index (κ2) is 6.58. The summed E-state index contributed by atoms with van der Waals surface area (Å²) < 4.78 is 0. The van der Waals surface area contributed by atoms with Crippen LogP contribution >= 0.6 is 0 Å². The smallest absolute Gasteiger partial charge is 0.0558 e. The van der Waals surface area contributed by atoms with Gasteiger partial charge in [-0.2, -0.15) is 0 Å². The van der Waals surface area contributed by atoms with Crippen LogP contribution in [-0.4, -0.2) is 41.8 Å². The van der Waals surface area contributed by atoms with Crippen molar-refractivity contribution in [1.29, 1.82) is 0 Å². The second-order valence-electron chi connectivity index (χ2n) is 5.08. The number of aliphatic hydroxyl groups is 1. The average Bonchev–Trinajstić information content (AvgIpc) is 2.36. The first kappa shape index (κ1) is 13.9. The van der Waals surface area contributed by atoms with E-state index < -0.39 is 0 Å². The summed E-state index contributed by atoms with van der Waals surface area (Å²) in [5, 5.41) is 9.12. The van der Waals surface area contributed by atoms with Gasteiger partial charge in [-0.15, -0.1) is 0 Å². The minimum absolute atomic E-state index is 0.170. The van der Waals surface area contributed by atoms with Crippen molar-refractivity contribution in [1.82, 2.24) is 4.90 Å². The van der Waals surface area contributed by atoms with Gasteiger partial charge >= 0.3 is 0 Å². The van der Waals surface area contributed by atoms with Gasteiger partial charge in [-0.05, 0) is 38.1 Å². The van der Waals surface area contributed by atoms with Crippen molar-refractivity contribution in [2.24, 2.45) is 11.7 Å². The fourth-order valence-corrected chi connectivity index (χ4v) is 3.12. The molecule has 1 aliphatic rings. The maximum absolute atomic E-state index is 9.12. The van der Waals surface area contributed by atoms with E-state index in [1.165, 1.54) is 32.1 Å². The molecule has 3 heteroatoms. The van der Waals surface area contributed by atoms with Gasteiger partial charge in [0.2, 0.25) is 0 Å². The first-order chi connectivity index (χ1) is 7.72. The lowest BCUT2D eigenvalue weighted by atomic mass is 9.74. The van der Waals surface area contributed by atoms with E-state index in [0.29, 0.717) is 0 Å². The number of likely N-dealkylation sites (N-methyl/N-ethyl adjacent to an activating group) is 1. The first-order valence-corrected chi connectivity index (χ1v) is 6.78. The molecule has 1 fully saturated rings. The van der Waals surface area contributed by atoms with E-state index in [2.05, 4.69) is 18.7 Å². The number of nitrogens with two attached hydrogens (primary N) is 1. The third kappa shape index (κ3) is 2.96. The molecule has 1 aliphatic carbocycles. The van der Waals surface area contributed by atoms with Crippen LogP contribution in [0.3, 0.4) is 0 Å². The van der Waals surface area contributed by atoms with E-state index in [0.717, 1.165) is 25.6 Å². The van der Waals surface area contributed by atoms with Crippen molar-refractivity contribution in [3.8, 4) is 0 Å². The van der Waals surface area contributed by atoms with Crippen molar-refractivity contribution < 1.29 is 5.11 Å². The van der Waals surface area contributed by atoms with Gasteiger partial charge in [0.15, 0.2) is 0 Å². The van der Waals surface area contributed by atoms with Gasteiger partial charge in [0.1, 0.15) is 0 Å². The van der Waals surface area contributed by atoms with Crippen LogP contribution in [0.5, 0.6) is 0 Å². The highest BCUT2D eigenvalue weighted by molar-refractivity contribution is 4.95. The van der Waals surface area contributed by atoms with Crippen LogP contribution in [0.25, 0.3) is 0 Å². The zero-order chi connectivity index (χ0) is 12.0. The van der Waals surface area contributed by atoms with Crippen LogP contribution in [0.1, 0.15) is 46.0 Å². The molecule has 0 heterocycles. The monoisotopic (exact) mass is 228 g/mol. The molecule has 3 N–H and O–H groups in total. The number of hydrogen-bond donors (Lipinski definition) is 2. The van der Waals surface area contributed by atoms with Crippen LogP contribution in [0.2, 0.25) is 0 Å². The predicted octanol–water partition coefficient (Wildman–Crippen LogP) is 1.60. The Hall–Kier alpha value is -0.120. The molecule has 0 saturated heterocycles. The molecule has 1 saturated carbocycles. The SMILES string of the molecule is CCC1CCC(CN)(N(CC)CCO)CC1. The summed E-state index contributed by atoms with van der Waals surface area (Å²) in [4.78, 5) is 2.39. The summed E-state index contributed by atoms with van der Waals surface area (Å²) in [6, 6.07) is 0. The molecule has 0 unspecified atom stereocenters. The fraction of sp³-hybridized carbons (Fsp3) is 1.00. The van der Waals surface area contributed by atoms with E-state index in [-0.39, 0.29) is 12.1 Å². The van der Waals surface area contributed by atoms with Crippen LogP contribution < -0.4 is 5.73 Å². The van der Waals surface area contributed by atoms with E-state index in [1.807, 2.05) is 0 Å². The fourth-order valence-electron chi connectivity index (χ4n) is 3.12. The lowest BCUT2D eigenvalue weighted by Crippen LogP contribution is -2.56. The molecule has 0 aromatic carbocycles. The Morgan fingerprint density at radius 1 is 1.31 bits per heavy atom. The predicted molar refractivity (Wildman–Crippen MR) is 68.4 cm³/mol. The van der Waals surface area contributed by atoms with Crippen molar-refractivity contribution >= 4 is 0 Å². The van der Waals surface area contributed by atoms with E-state index >= 15 is 0 Å². The third-order valence-corrected chi connectivity index (χ3v) is 4.42. The van der Waals surface area contributed by atoms with Crippen molar-refractivity contribution in [3.63, 3.8) is 0 Å². The van der Waals surface area contributed by atoms with Crippen molar-refractivity contribution in [3.05, 3.63) is 0 Å². The number of rotatable bonds is 6. The standard InChI is InChI=1S/C13H28N2O/c1-3-12-5-7-13(11-14,8-6-12)15(4-2)9-10-16/h12,16H,3-11,14H2,1-2H3. The highest BCUT2D eigenvalue weighted by atomic mass is 16.3. The Labute approximate surface area is 100 Å². The Bertz CT molecular complexity index is 188. The third-order valence-electron chi connectivity index (χ3n) is 4.42. The number of hydrogen-bond acceptors (Lipinski definition) is 3. The number of β-amino-alcohol motifs (C(OH)–C–C–N with tert-alkyl or cyclic N) is 1. The Kier molecular flexibility index (Phi) is 5.73. The Morgan fingerprint density at radius 3 is 2.31 bits per heavy atom. The van der Waals surface area contributed by atoms with Crippen molar-refractivity contribution in [2.75, 3.05) is 26.2 Å². The summed E-state index contributed by atoms with van der Waals surface area (Å²) >= 11 is 0. The Morgan fingerprint density at radius 2 is 1.94 bits per heavy atom. The molecule has 0 radical (unpaired) electrons. The van der Waals surface area contributed by atoms with Gasteiger partial charge in [0.05, 0.1) is 6.61 Å². The minimum Gasteiger partial charge on any atom is -0.395 e. The normalized spacial score (nSPS) is 30.9. The maximum atomic E-state index is 9.12. The first-order valence-electron chi connectivity index (χ1n) is 6.78. The van der Waals surface area contributed by atoms with Crippen LogP contribution in [0.15, 0.2) is 0 Å². The second-order valence-corrected chi connectivity index (χ2v) is 5.08. The van der Waals surface area contributed by atoms with E-state index in [1.54, 1.807) is 0 Å². The highest BCUT2D eigenvalue weighted by Gasteiger charge is 2.37. The zero-order valence-electron chi connectivity index (χ0n) is 10.9. The molecular formula is C13H28N2O. The average molecular weight is 228 g/mol. The largest absolute Gasteiger partial charge is 0.395 e. The van der Waals surface area contributed by atoms with Crippen molar-refractivity contribution in [2.45, 2.75) is 51.5 Å². The summed E-state index contributed by atoms with van der Waals surface area (Å²) in [6.45, 7) is 7.19. The molecule has 96 valence electrons. The lowest BCUT2D eigenvalue weighted by molar-refractivity contribution is 0.0329. The molecule has 0 aromatic heterocycles. The van der Waals surface area contributed by atoms with Crippen LogP contribution in [-0.2, 0) is 0 Å². The number of nitrogens with zero attached hydrogens (tertiary/aromatic N) is 1. The van der Waals surface area contributed by atoms with Gasteiger partial charge in [0.25, 0.3) is 0 Å². The molecule has 0 amide bonds. The summed E-state index contributed by atoms with van der Waals surface area (Å²) in [6.07, 6.45) is 6.31. The molecule has 0 spiro atoms. The molecule has 0 atom stereocenters. The van der Waals surface area contributed by atoms with Gasteiger partial charge < -0.3 is 10.8 Å². The lowest BCUT2D eigenvalue weighted by Gasteiger charge is -2.47. The van der Waals surface area contributed by atoms with E-state index in [9.17, 15) is 0 Å². The molecule has 0 aromatic rings. The molecule has 16 heavy (non-hydrogen) atoms. The molecule has 1 rings (SSSR count). The zero-order valence-corrected chi connectivity index (χ0v) is 10.9. The maximum Gasteiger partial charge on any atom is 0.0558 e. The number of aliphatic hydroxyl groups excluding tert-OH is 1. The molecule has 0 aliphatic heterocycles. The topological polar surface area (TPSA) is 49.5 Å². The van der Waals surface area contributed by atoms with Gasteiger partial charge in [-0.1, -0.05) is 20.3 Å². The van der Waals surface area contributed by atoms with Crippen LogP contribution in [0.4, 0.5) is 0 Å². The molecule has 3 nitrogen and oxygen atoms in total. The summed E-state index contributed by atoms with van der Waals surface area (Å²) in [5.74, 6) is 0.896.